The molecule has 1 heterocycles. The molecule has 0 fully saturated rings. The highest BCUT2D eigenvalue weighted by Crippen LogP contribution is 2.30. The number of urea groups is 1. The molecule has 2 amide bonds. The van der Waals surface area contributed by atoms with E-state index >= 15 is 0 Å². The third-order valence-corrected chi connectivity index (χ3v) is 5.16. The topological polar surface area (TPSA) is 79.2 Å². The Bertz CT molecular complexity index is 886. The van der Waals surface area contributed by atoms with E-state index < -0.39 is 29.9 Å². The number of hydrogen-bond donors (Lipinski definition) is 3. The maximum absolute atomic E-state index is 12.7. The minimum Gasteiger partial charge on any atom is -0.386 e. The molecule has 1 aromatic heterocycles. The summed E-state index contributed by atoms with van der Waals surface area (Å²) in [6, 6.07) is 2.82. The van der Waals surface area contributed by atoms with Crippen molar-refractivity contribution in [1.29, 1.82) is 0 Å². The molecule has 172 valence electrons. The van der Waals surface area contributed by atoms with Crippen molar-refractivity contribution in [2.24, 2.45) is 0 Å². The Hall–Kier alpha value is -2.55. The maximum Gasteiger partial charge on any atom is 0.416 e. The first kappa shape index (κ1) is 24.7. The number of benzene rings is 1. The second kappa shape index (κ2) is 9.30. The summed E-state index contributed by atoms with van der Waals surface area (Å²) in [5.74, 6) is 0. The van der Waals surface area contributed by atoms with Crippen LogP contribution in [0.1, 0.15) is 75.6 Å². The fourth-order valence-electron chi connectivity index (χ4n) is 3.23. The molecule has 6 nitrogen and oxygen atoms in total. The zero-order valence-corrected chi connectivity index (χ0v) is 18.7. The largest absolute Gasteiger partial charge is 0.416 e. The number of halogens is 3. The van der Waals surface area contributed by atoms with Gasteiger partial charge < -0.3 is 15.7 Å². The lowest BCUT2D eigenvalue weighted by molar-refractivity contribution is -0.137. The summed E-state index contributed by atoms with van der Waals surface area (Å²) in [7, 11) is 0. The molecule has 9 heteroatoms. The molecule has 0 saturated heterocycles. The van der Waals surface area contributed by atoms with Crippen molar-refractivity contribution in [3.63, 3.8) is 0 Å². The number of aromatic nitrogens is 2. The number of hydrogen-bond acceptors (Lipinski definition) is 3. The van der Waals surface area contributed by atoms with Crippen molar-refractivity contribution in [2.75, 3.05) is 0 Å². The molecular weight excluding hydrogens is 409 g/mol. The molecule has 3 atom stereocenters. The van der Waals surface area contributed by atoms with E-state index in [1.807, 2.05) is 45.5 Å². The molecule has 1 aromatic carbocycles. The van der Waals surface area contributed by atoms with E-state index in [-0.39, 0.29) is 11.6 Å². The molecule has 0 spiro atoms. The van der Waals surface area contributed by atoms with E-state index in [1.54, 1.807) is 6.92 Å². The van der Waals surface area contributed by atoms with Gasteiger partial charge in [-0.15, -0.1) is 0 Å². The highest BCUT2D eigenvalue weighted by atomic mass is 19.4. The Labute approximate surface area is 180 Å². The summed E-state index contributed by atoms with van der Waals surface area (Å²) >= 11 is 0. The third kappa shape index (κ3) is 6.22. The highest BCUT2D eigenvalue weighted by Gasteiger charge is 2.31. The second-order valence-electron chi connectivity index (χ2n) is 8.70. The third-order valence-electron chi connectivity index (χ3n) is 5.16. The number of nitrogens with zero attached hydrogens (tertiary/aromatic N) is 2. The van der Waals surface area contributed by atoms with E-state index in [0.717, 1.165) is 23.4 Å². The Morgan fingerprint density at radius 1 is 1.16 bits per heavy atom. The molecule has 31 heavy (non-hydrogen) atoms. The van der Waals surface area contributed by atoms with Crippen molar-refractivity contribution in [3.05, 3.63) is 52.8 Å². The Balaban J connectivity index is 2.05. The standard InChI is InChI=1S/C22H31F3N4O2/c1-7-18(19(30)15-8-10-16(11-9-15)22(23,24)25)27-20(31)26-13(2)17-12-29(21(4,5)6)28-14(17)3/h8-13,18-19,30H,7H2,1-6H3,(H2,26,27,31). The van der Waals surface area contributed by atoms with Crippen LogP contribution >= 0.6 is 0 Å². The first-order valence-electron chi connectivity index (χ1n) is 10.2. The van der Waals surface area contributed by atoms with Crippen molar-refractivity contribution in [2.45, 2.75) is 77.9 Å². The highest BCUT2D eigenvalue weighted by molar-refractivity contribution is 5.74. The quantitative estimate of drug-likeness (QED) is 0.602. The minimum absolute atomic E-state index is 0.190. The fourth-order valence-corrected chi connectivity index (χ4v) is 3.23. The van der Waals surface area contributed by atoms with E-state index in [2.05, 4.69) is 15.7 Å². The van der Waals surface area contributed by atoms with Gasteiger partial charge in [-0.3, -0.25) is 4.68 Å². The van der Waals surface area contributed by atoms with Crippen LogP contribution in [0, 0.1) is 6.92 Å². The van der Waals surface area contributed by atoms with Gasteiger partial charge in [0, 0.05) is 11.8 Å². The minimum atomic E-state index is -4.44. The van der Waals surface area contributed by atoms with Gasteiger partial charge in [-0.2, -0.15) is 18.3 Å². The number of rotatable bonds is 6. The molecule has 2 aromatic rings. The molecule has 0 aliphatic carbocycles. The van der Waals surface area contributed by atoms with Gasteiger partial charge in [0.15, 0.2) is 0 Å². The number of carbonyl (C=O) groups is 1. The first-order valence-corrected chi connectivity index (χ1v) is 10.2. The van der Waals surface area contributed by atoms with E-state index in [1.165, 1.54) is 12.1 Å². The monoisotopic (exact) mass is 440 g/mol. The molecule has 0 radical (unpaired) electrons. The summed E-state index contributed by atoms with van der Waals surface area (Å²) in [6.07, 6.45) is -3.29. The molecule has 0 aliphatic heterocycles. The lowest BCUT2D eigenvalue weighted by Crippen LogP contribution is -2.45. The van der Waals surface area contributed by atoms with E-state index in [9.17, 15) is 23.1 Å². The van der Waals surface area contributed by atoms with Crippen LogP contribution in [-0.4, -0.2) is 27.0 Å². The number of alkyl halides is 3. The van der Waals surface area contributed by atoms with Gasteiger partial charge in [0.25, 0.3) is 0 Å². The number of carbonyl (C=O) groups excluding carboxylic acids is 1. The average molecular weight is 441 g/mol. The summed E-state index contributed by atoms with van der Waals surface area (Å²) in [5.41, 5.74) is 1.00. The van der Waals surface area contributed by atoms with Gasteiger partial charge in [-0.05, 0) is 58.7 Å². The predicted octanol–water partition coefficient (Wildman–Crippen LogP) is 4.84. The lowest BCUT2D eigenvalue weighted by Gasteiger charge is -2.25. The molecule has 2 rings (SSSR count). The van der Waals surface area contributed by atoms with Gasteiger partial charge in [-0.25, -0.2) is 4.79 Å². The SMILES string of the molecule is CCC(NC(=O)NC(C)c1cn(C(C)(C)C)nc1C)C(O)c1ccc(C(F)(F)F)cc1. The molecular formula is C22H31F3N4O2. The zero-order valence-electron chi connectivity index (χ0n) is 18.7. The van der Waals surface area contributed by atoms with Gasteiger partial charge in [0.1, 0.15) is 0 Å². The summed E-state index contributed by atoms with van der Waals surface area (Å²) < 4.78 is 40.1. The number of aryl methyl sites for hydroxylation is 1. The number of aliphatic hydroxyl groups excluding tert-OH is 1. The van der Waals surface area contributed by atoms with Crippen LogP contribution in [0.15, 0.2) is 30.5 Å². The smallest absolute Gasteiger partial charge is 0.386 e. The van der Waals surface area contributed by atoms with Crippen LogP contribution in [0.4, 0.5) is 18.0 Å². The van der Waals surface area contributed by atoms with Gasteiger partial charge in [0.2, 0.25) is 0 Å². The van der Waals surface area contributed by atoms with Crippen LogP contribution in [0.2, 0.25) is 0 Å². The first-order chi connectivity index (χ1) is 14.2. The Morgan fingerprint density at radius 2 is 1.74 bits per heavy atom. The normalized spacial score (nSPS) is 15.3. The van der Waals surface area contributed by atoms with E-state index in [4.69, 9.17) is 0 Å². The lowest BCUT2D eigenvalue weighted by atomic mass is 9.99. The van der Waals surface area contributed by atoms with Crippen molar-refractivity contribution in [3.8, 4) is 0 Å². The van der Waals surface area contributed by atoms with Gasteiger partial charge >= 0.3 is 12.2 Å². The summed E-state index contributed by atoms with van der Waals surface area (Å²) in [5, 5.41) is 20.6. The van der Waals surface area contributed by atoms with E-state index in [0.29, 0.717) is 12.0 Å². The van der Waals surface area contributed by atoms with Crippen molar-refractivity contribution >= 4 is 6.03 Å². The van der Waals surface area contributed by atoms with Crippen LogP contribution in [0.5, 0.6) is 0 Å². The van der Waals surface area contributed by atoms with Crippen molar-refractivity contribution < 1.29 is 23.1 Å². The van der Waals surface area contributed by atoms with Crippen LogP contribution in [-0.2, 0) is 11.7 Å². The number of amides is 2. The maximum atomic E-state index is 12.7. The summed E-state index contributed by atoms with van der Waals surface area (Å²) in [4.78, 5) is 12.5. The van der Waals surface area contributed by atoms with Crippen LogP contribution in [0.3, 0.4) is 0 Å². The fraction of sp³-hybridized carbons (Fsp3) is 0.545. The Morgan fingerprint density at radius 3 is 2.19 bits per heavy atom. The number of aliphatic hydroxyl groups is 1. The Kier molecular flexibility index (Phi) is 7.41. The number of nitrogens with one attached hydrogen (secondary N) is 2. The average Bonchev–Trinajstić information content (AvgIpc) is 3.07. The molecule has 3 unspecified atom stereocenters. The zero-order chi connectivity index (χ0) is 23.6. The molecule has 3 N–H and O–H groups in total. The van der Waals surface area contributed by atoms with Gasteiger partial charge in [0.05, 0.1) is 35.0 Å². The van der Waals surface area contributed by atoms with Crippen molar-refractivity contribution in [1.82, 2.24) is 20.4 Å². The van der Waals surface area contributed by atoms with Gasteiger partial charge in [-0.1, -0.05) is 19.1 Å². The molecule has 0 saturated carbocycles. The van der Waals surface area contributed by atoms with Crippen LogP contribution in [0.25, 0.3) is 0 Å². The predicted molar refractivity (Wildman–Crippen MR) is 113 cm³/mol. The van der Waals surface area contributed by atoms with Crippen LogP contribution < -0.4 is 10.6 Å². The summed E-state index contributed by atoms with van der Waals surface area (Å²) in [6.45, 7) is 11.6. The second-order valence-corrected chi connectivity index (χ2v) is 8.70. The molecule has 0 aliphatic rings. The molecule has 0 bridgehead atoms.